The maximum Gasteiger partial charge on any atom is 0.152 e. The lowest BCUT2D eigenvalue weighted by molar-refractivity contribution is 0.603. The second kappa shape index (κ2) is 4.49. The molecule has 0 saturated heterocycles. The van der Waals surface area contributed by atoms with Gasteiger partial charge in [-0.05, 0) is 26.3 Å². The molecule has 2 aromatic rings. The van der Waals surface area contributed by atoms with Gasteiger partial charge in [-0.15, -0.1) is 0 Å². The normalized spacial score (nSPS) is 14.9. The zero-order valence-corrected chi connectivity index (χ0v) is 9.59. The Morgan fingerprint density at radius 3 is 3.00 bits per heavy atom. The molecule has 0 amide bonds. The van der Waals surface area contributed by atoms with Crippen LogP contribution in [0.5, 0.6) is 0 Å². The van der Waals surface area contributed by atoms with Crippen LogP contribution in [0.3, 0.4) is 0 Å². The van der Waals surface area contributed by atoms with Crippen LogP contribution < -0.4 is 11.1 Å². The molecular weight excluding hydrogens is 202 g/mol. The number of hydrogen-bond donors (Lipinski definition) is 2. The first kappa shape index (κ1) is 10.9. The van der Waals surface area contributed by atoms with Crippen molar-refractivity contribution in [3.63, 3.8) is 0 Å². The monoisotopic (exact) mass is 219 g/mol. The SMILES string of the molecule is CC(N)CC(C)Nc1nccn2nccc12. The largest absolute Gasteiger partial charge is 0.366 e. The van der Waals surface area contributed by atoms with Crippen LogP contribution in [0.1, 0.15) is 20.3 Å². The number of nitrogens with two attached hydrogens (primary N) is 1. The molecule has 0 saturated carbocycles. The van der Waals surface area contributed by atoms with E-state index in [2.05, 4.69) is 22.3 Å². The van der Waals surface area contributed by atoms with Gasteiger partial charge in [0.1, 0.15) is 5.52 Å². The molecule has 5 heteroatoms. The summed E-state index contributed by atoms with van der Waals surface area (Å²) in [6.45, 7) is 4.11. The first-order valence-corrected chi connectivity index (χ1v) is 5.47. The average molecular weight is 219 g/mol. The van der Waals surface area contributed by atoms with E-state index < -0.39 is 0 Å². The van der Waals surface area contributed by atoms with Crippen LogP contribution in [-0.2, 0) is 0 Å². The number of rotatable bonds is 4. The minimum absolute atomic E-state index is 0.187. The van der Waals surface area contributed by atoms with Gasteiger partial charge >= 0.3 is 0 Å². The highest BCUT2D eigenvalue weighted by Crippen LogP contribution is 2.14. The summed E-state index contributed by atoms with van der Waals surface area (Å²) in [5, 5.41) is 7.51. The van der Waals surface area contributed by atoms with Gasteiger partial charge in [-0.1, -0.05) is 0 Å². The van der Waals surface area contributed by atoms with Crippen molar-refractivity contribution in [2.24, 2.45) is 5.73 Å². The molecule has 0 aromatic carbocycles. The van der Waals surface area contributed by atoms with Crippen molar-refractivity contribution < 1.29 is 0 Å². The molecule has 0 fully saturated rings. The fourth-order valence-corrected chi connectivity index (χ4v) is 1.82. The number of aromatic nitrogens is 3. The van der Waals surface area contributed by atoms with Crippen LogP contribution in [0.15, 0.2) is 24.7 Å². The van der Waals surface area contributed by atoms with Gasteiger partial charge in [0, 0.05) is 24.5 Å². The quantitative estimate of drug-likeness (QED) is 0.812. The Labute approximate surface area is 94.7 Å². The predicted molar refractivity (Wildman–Crippen MR) is 64.3 cm³/mol. The van der Waals surface area contributed by atoms with Crippen molar-refractivity contribution in [1.82, 2.24) is 14.6 Å². The van der Waals surface area contributed by atoms with Crippen molar-refractivity contribution in [3.8, 4) is 0 Å². The number of nitrogens with zero attached hydrogens (tertiary/aromatic N) is 3. The van der Waals surface area contributed by atoms with Crippen LogP contribution in [0.2, 0.25) is 0 Å². The summed E-state index contributed by atoms with van der Waals surface area (Å²) in [5.41, 5.74) is 6.75. The minimum atomic E-state index is 0.187. The molecule has 16 heavy (non-hydrogen) atoms. The number of nitrogens with one attached hydrogen (secondary N) is 1. The van der Waals surface area contributed by atoms with Crippen molar-refractivity contribution in [2.75, 3.05) is 5.32 Å². The van der Waals surface area contributed by atoms with Gasteiger partial charge in [0.05, 0.1) is 6.20 Å². The summed E-state index contributed by atoms with van der Waals surface area (Å²) in [6, 6.07) is 2.43. The van der Waals surface area contributed by atoms with E-state index in [-0.39, 0.29) is 6.04 Å². The molecule has 0 aliphatic carbocycles. The third-order valence-electron chi connectivity index (χ3n) is 2.43. The van der Waals surface area contributed by atoms with E-state index in [1.807, 2.05) is 19.2 Å². The predicted octanol–water partition coefficient (Wildman–Crippen LogP) is 1.27. The molecule has 3 N–H and O–H groups in total. The van der Waals surface area contributed by atoms with E-state index in [4.69, 9.17) is 5.73 Å². The number of anilines is 1. The molecule has 2 unspecified atom stereocenters. The standard InChI is InChI=1S/C11H17N5/c1-8(12)7-9(2)15-11-10-3-4-14-16(10)6-5-13-11/h3-6,8-9H,7,12H2,1-2H3,(H,13,15). The van der Waals surface area contributed by atoms with Gasteiger partial charge in [-0.3, -0.25) is 0 Å². The van der Waals surface area contributed by atoms with Crippen molar-refractivity contribution in [2.45, 2.75) is 32.4 Å². The first-order chi connectivity index (χ1) is 7.66. The maximum absolute atomic E-state index is 5.76. The molecule has 0 bridgehead atoms. The average Bonchev–Trinajstić information content (AvgIpc) is 2.65. The zero-order valence-electron chi connectivity index (χ0n) is 9.59. The first-order valence-electron chi connectivity index (χ1n) is 5.47. The molecular formula is C11H17N5. The van der Waals surface area contributed by atoms with Gasteiger partial charge in [0.15, 0.2) is 5.82 Å². The lowest BCUT2D eigenvalue weighted by atomic mass is 10.1. The van der Waals surface area contributed by atoms with E-state index in [1.54, 1.807) is 16.9 Å². The summed E-state index contributed by atoms with van der Waals surface area (Å²) in [4.78, 5) is 4.31. The molecule has 0 spiro atoms. The van der Waals surface area contributed by atoms with Gasteiger partial charge in [0.2, 0.25) is 0 Å². The maximum atomic E-state index is 5.76. The summed E-state index contributed by atoms with van der Waals surface area (Å²) in [7, 11) is 0. The Morgan fingerprint density at radius 2 is 2.25 bits per heavy atom. The summed E-state index contributed by atoms with van der Waals surface area (Å²) in [6.07, 6.45) is 6.24. The van der Waals surface area contributed by atoms with Crippen molar-refractivity contribution >= 4 is 11.3 Å². The smallest absolute Gasteiger partial charge is 0.152 e. The fraction of sp³-hybridized carbons (Fsp3) is 0.455. The van der Waals surface area contributed by atoms with E-state index in [0.29, 0.717) is 6.04 Å². The molecule has 86 valence electrons. The highest BCUT2D eigenvalue weighted by molar-refractivity contribution is 5.66. The Balaban J connectivity index is 2.17. The third-order valence-corrected chi connectivity index (χ3v) is 2.43. The molecule has 2 atom stereocenters. The van der Waals surface area contributed by atoms with Crippen molar-refractivity contribution in [3.05, 3.63) is 24.7 Å². The second-order valence-electron chi connectivity index (χ2n) is 4.20. The van der Waals surface area contributed by atoms with Crippen molar-refractivity contribution in [1.29, 1.82) is 0 Å². The molecule has 0 radical (unpaired) electrons. The molecule has 0 aliphatic rings. The van der Waals surface area contributed by atoms with E-state index in [9.17, 15) is 0 Å². The summed E-state index contributed by atoms with van der Waals surface area (Å²) < 4.78 is 1.80. The summed E-state index contributed by atoms with van der Waals surface area (Å²) in [5.74, 6) is 0.855. The van der Waals surface area contributed by atoms with Gasteiger partial charge in [-0.25, -0.2) is 9.50 Å². The molecule has 0 aliphatic heterocycles. The van der Waals surface area contributed by atoms with E-state index in [0.717, 1.165) is 17.8 Å². The number of hydrogen-bond acceptors (Lipinski definition) is 4. The lowest BCUT2D eigenvalue weighted by Crippen LogP contribution is -2.26. The van der Waals surface area contributed by atoms with Gasteiger partial charge in [0.25, 0.3) is 0 Å². The fourth-order valence-electron chi connectivity index (χ4n) is 1.82. The summed E-state index contributed by atoms with van der Waals surface area (Å²) >= 11 is 0. The van der Waals surface area contributed by atoms with Crippen LogP contribution >= 0.6 is 0 Å². The molecule has 2 heterocycles. The molecule has 5 nitrogen and oxygen atoms in total. The second-order valence-corrected chi connectivity index (χ2v) is 4.20. The highest BCUT2D eigenvalue weighted by Gasteiger charge is 2.08. The zero-order chi connectivity index (χ0) is 11.5. The van der Waals surface area contributed by atoms with Crippen LogP contribution in [0.4, 0.5) is 5.82 Å². The van der Waals surface area contributed by atoms with Gasteiger partial charge in [-0.2, -0.15) is 5.10 Å². The van der Waals surface area contributed by atoms with E-state index in [1.165, 1.54) is 0 Å². The van der Waals surface area contributed by atoms with Crippen LogP contribution in [0, 0.1) is 0 Å². The van der Waals surface area contributed by atoms with E-state index >= 15 is 0 Å². The molecule has 2 aromatic heterocycles. The molecule has 2 rings (SSSR count). The lowest BCUT2D eigenvalue weighted by Gasteiger charge is -2.16. The van der Waals surface area contributed by atoms with Gasteiger partial charge < -0.3 is 11.1 Å². The third kappa shape index (κ3) is 2.30. The van der Waals surface area contributed by atoms with Crippen LogP contribution in [0.25, 0.3) is 5.52 Å². The highest BCUT2D eigenvalue weighted by atomic mass is 15.2. The Hall–Kier alpha value is -1.62. The Bertz CT molecular complexity index is 462. The van der Waals surface area contributed by atoms with Crippen LogP contribution in [-0.4, -0.2) is 26.7 Å². The topological polar surface area (TPSA) is 68.2 Å². The number of fused-ring (bicyclic) bond motifs is 1. The minimum Gasteiger partial charge on any atom is -0.366 e. The Kier molecular flexibility index (Phi) is 3.05. The Morgan fingerprint density at radius 1 is 1.44 bits per heavy atom.